The van der Waals surface area contributed by atoms with Crippen molar-refractivity contribution in [1.29, 1.82) is 0 Å². The van der Waals surface area contributed by atoms with E-state index in [1.165, 1.54) is 16.4 Å². The minimum atomic E-state index is -3.62. The second-order valence-electron chi connectivity index (χ2n) is 6.20. The van der Waals surface area contributed by atoms with Crippen LogP contribution in [0.15, 0.2) is 32.4 Å². The van der Waals surface area contributed by atoms with Crippen molar-refractivity contribution < 1.29 is 12.9 Å². The molecular formula is C15H18N6O4S. The van der Waals surface area contributed by atoms with Crippen molar-refractivity contribution in [1.82, 2.24) is 29.3 Å². The highest BCUT2D eigenvalue weighted by molar-refractivity contribution is 7.89. The van der Waals surface area contributed by atoms with Crippen molar-refractivity contribution in [2.75, 3.05) is 26.2 Å². The molecule has 0 spiro atoms. The minimum absolute atomic E-state index is 0.168. The van der Waals surface area contributed by atoms with Crippen LogP contribution in [0.3, 0.4) is 0 Å². The standard InChI is InChI=1S/C15H18N6O4S/c1-10-16-14(25-19-10)9-20-4-6-21(7-5-20)26(23,24)11-2-3-12-13(8-11)18-15(22)17-12/h2-3,8H,4-7,9H2,1H3,(H2,17,18,22). The zero-order valence-electron chi connectivity index (χ0n) is 14.1. The van der Waals surface area contributed by atoms with Crippen molar-refractivity contribution in [3.8, 4) is 0 Å². The van der Waals surface area contributed by atoms with E-state index in [0.29, 0.717) is 55.5 Å². The summed E-state index contributed by atoms with van der Waals surface area (Å²) < 4.78 is 32.3. The number of aryl methyl sites for hydroxylation is 1. The smallest absolute Gasteiger partial charge is 0.323 e. The largest absolute Gasteiger partial charge is 0.338 e. The van der Waals surface area contributed by atoms with E-state index in [2.05, 4.69) is 25.0 Å². The van der Waals surface area contributed by atoms with E-state index in [1.807, 2.05) is 0 Å². The maximum atomic E-state index is 12.9. The molecule has 0 aliphatic carbocycles. The van der Waals surface area contributed by atoms with Crippen molar-refractivity contribution in [3.63, 3.8) is 0 Å². The van der Waals surface area contributed by atoms with E-state index in [1.54, 1.807) is 13.0 Å². The minimum Gasteiger partial charge on any atom is -0.338 e. The van der Waals surface area contributed by atoms with E-state index in [-0.39, 0.29) is 10.6 Å². The molecule has 0 unspecified atom stereocenters. The maximum absolute atomic E-state index is 12.9. The first kappa shape index (κ1) is 16.9. The van der Waals surface area contributed by atoms with Crippen LogP contribution < -0.4 is 5.69 Å². The summed E-state index contributed by atoms with van der Waals surface area (Å²) in [5.41, 5.74) is 0.689. The number of rotatable bonds is 4. The highest BCUT2D eigenvalue weighted by Gasteiger charge is 2.29. The van der Waals surface area contributed by atoms with Crippen LogP contribution in [0.2, 0.25) is 0 Å². The van der Waals surface area contributed by atoms with E-state index in [9.17, 15) is 13.2 Å². The molecule has 1 aliphatic rings. The molecule has 1 fully saturated rings. The predicted octanol–water partition coefficient (Wildman–Crippen LogP) is 0.0541. The topological polar surface area (TPSA) is 128 Å². The lowest BCUT2D eigenvalue weighted by atomic mass is 10.3. The summed E-state index contributed by atoms with van der Waals surface area (Å²) in [6.45, 7) is 4.15. The van der Waals surface area contributed by atoms with E-state index in [0.717, 1.165) is 0 Å². The molecule has 3 aromatic rings. The van der Waals surface area contributed by atoms with Crippen molar-refractivity contribution >= 4 is 21.1 Å². The second kappa shape index (κ2) is 6.34. The fraction of sp³-hybridized carbons (Fsp3) is 0.400. The lowest BCUT2D eigenvalue weighted by Crippen LogP contribution is -2.48. The highest BCUT2D eigenvalue weighted by atomic mass is 32.2. The van der Waals surface area contributed by atoms with Gasteiger partial charge in [0.25, 0.3) is 0 Å². The van der Waals surface area contributed by atoms with Gasteiger partial charge in [-0.1, -0.05) is 5.16 Å². The Bertz CT molecular complexity index is 1090. The lowest BCUT2D eigenvalue weighted by Gasteiger charge is -2.33. The Hall–Kier alpha value is -2.50. The van der Waals surface area contributed by atoms with Crippen LogP contribution in [-0.4, -0.2) is 63.9 Å². The average molecular weight is 378 g/mol. The number of fused-ring (bicyclic) bond motifs is 1. The Morgan fingerprint density at radius 1 is 1.15 bits per heavy atom. The molecule has 2 aromatic heterocycles. The quantitative estimate of drug-likeness (QED) is 0.656. The van der Waals surface area contributed by atoms with Gasteiger partial charge in [-0.05, 0) is 25.1 Å². The molecule has 0 bridgehead atoms. The van der Waals surface area contributed by atoms with E-state index < -0.39 is 10.0 Å². The van der Waals surface area contributed by atoms with Crippen LogP contribution in [0, 0.1) is 6.92 Å². The van der Waals surface area contributed by atoms with Crippen LogP contribution >= 0.6 is 0 Å². The fourth-order valence-electron chi connectivity index (χ4n) is 3.04. The molecule has 11 heteroatoms. The maximum Gasteiger partial charge on any atom is 0.323 e. The molecule has 1 aliphatic heterocycles. The zero-order valence-corrected chi connectivity index (χ0v) is 14.9. The molecule has 1 saturated heterocycles. The number of hydrogen-bond acceptors (Lipinski definition) is 7. The lowest BCUT2D eigenvalue weighted by molar-refractivity contribution is 0.163. The van der Waals surface area contributed by atoms with Gasteiger partial charge in [0.1, 0.15) is 0 Å². The third-order valence-corrected chi connectivity index (χ3v) is 6.28. The highest BCUT2D eigenvalue weighted by Crippen LogP contribution is 2.21. The second-order valence-corrected chi connectivity index (χ2v) is 8.14. The molecule has 26 heavy (non-hydrogen) atoms. The molecule has 3 heterocycles. The number of imidazole rings is 1. The fourth-order valence-corrected chi connectivity index (χ4v) is 4.49. The Morgan fingerprint density at radius 3 is 2.58 bits per heavy atom. The molecule has 0 atom stereocenters. The van der Waals surface area contributed by atoms with E-state index in [4.69, 9.17) is 4.52 Å². The monoisotopic (exact) mass is 378 g/mol. The number of H-pyrrole nitrogens is 2. The van der Waals surface area contributed by atoms with Gasteiger partial charge in [0.05, 0.1) is 22.5 Å². The normalized spacial score (nSPS) is 17.1. The molecule has 0 radical (unpaired) electrons. The van der Waals surface area contributed by atoms with Gasteiger partial charge in [-0.15, -0.1) is 0 Å². The summed E-state index contributed by atoms with van der Waals surface area (Å²) in [6, 6.07) is 4.58. The summed E-state index contributed by atoms with van der Waals surface area (Å²) in [6.07, 6.45) is 0. The van der Waals surface area contributed by atoms with Gasteiger partial charge >= 0.3 is 5.69 Å². The predicted molar refractivity (Wildman–Crippen MR) is 92.0 cm³/mol. The summed E-state index contributed by atoms with van der Waals surface area (Å²) >= 11 is 0. The summed E-state index contributed by atoms with van der Waals surface area (Å²) in [4.78, 5) is 22.9. The number of piperazine rings is 1. The summed E-state index contributed by atoms with van der Waals surface area (Å²) in [5, 5.41) is 3.76. The molecule has 0 saturated carbocycles. The Balaban J connectivity index is 1.47. The van der Waals surface area contributed by atoms with Gasteiger partial charge in [0.15, 0.2) is 5.82 Å². The molecule has 0 amide bonds. The number of aromatic amines is 2. The number of sulfonamides is 1. The molecule has 10 nitrogen and oxygen atoms in total. The van der Waals surface area contributed by atoms with Crippen molar-refractivity contribution in [3.05, 3.63) is 40.4 Å². The van der Waals surface area contributed by atoms with Crippen LogP contribution in [0.5, 0.6) is 0 Å². The molecule has 4 rings (SSSR count). The van der Waals surface area contributed by atoms with Crippen molar-refractivity contribution in [2.45, 2.75) is 18.4 Å². The molecule has 2 N–H and O–H groups in total. The number of hydrogen-bond donors (Lipinski definition) is 2. The molecule has 1 aromatic carbocycles. The van der Waals surface area contributed by atoms with E-state index >= 15 is 0 Å². The Morgan fingerprint density at radius 2 is 1.88 bits per heavy atom. The van der Waals surface area contributed by atoms with Gasteiger partial charge in [-0.25, -0.2) is 13.2 Å². The number of aromatic nitrogens is 4. The number of nitrogens with zero attached hydrogens (tertiary/aromatic N) is 4. The number of benzene rings is 1. The van der Waals surface area contributed by atoms with Gasteiger partial charge in [-0.3, -0.25) is 4.90 Å². The first-order valence-corrected chi connectivity index (χ1v) is 9.59. The number of nitrogens with one attached hydrogen (secondary N) is 2. The van der Waals surface area contributed by atoms with Crippen LogP contribution in [0.25, 0.3) is 11.0 Å². The first-order valence-electron chi connectivity index (χ1n) is 8.15. The summed E-state index contributed by atoms with van der Waals surface area (Å²) in [7, 11) is -3.62. The Labute approximate surface area is 148 Å². The molecular weight excluding hydrogens is 360 g/mol. The molecule has 138 valence electrons. The van der Waals surface area contributed by atoms with Crippen LogP contribution in [-0.2, 0) is 16.6 Å². The van der Waals surface area contributed by atoms with Crippen LogP contribution in [0.1, 0.15) is 11.7 Å². The van der Waals surface area contributed by atoms with Gasteiger partial charge in [0.2, 0.25) is 15.9 Å². The average Bonchev–Trinajstić information content (AvgIpc) is 3.18. The zero-order chi connectivity index (χ0) is 18.3. The van der Waals surface area contributed by atoms with Crippen LogP contribution in [0.4, 0.5) is 0 Å². The summed E-state index contributed by atoms with van der Waals surface area (Å²) in [5.74, 6) is 1.11. The SMILES string of the molecule is Cc1noc(CN2CCN(S(=O)(=O)c3ccc4[nH]c(=O)[nH]c4c3)CC2)n1. The van der Waals surface area contributed by atoms with Gasteiger partial charge in [-0.2, -0.15) is 9.29 Å². The third kappa shape index (κ3) is 3.16. The third-order valence-electron chi connectivity index (χ3n) is 4.38. The van der Waals surface area contributed by atoms with Crippen molar-refractivity contribution in [2.24, 2.45) is 0 Å². The first-order chi connectivity index (χ1) is 12.4. The van der Waals surface area contributed by atoms with Gasteiger partial charge in [0, 0.05) is 26.2 Å². The Kier molecular flexibility index (Phi) is 4.13. The van der Waals surface area contributed by atoms with Gasteiger partial charge < -0.3 is 14.5 Å².